The number of methoxy groups -OCH3 is 1. The number of ether oxygens (including phenoxy) is 1. The first-order valence-corrected chi connectivity index (χ1v) is 15.7. The summed E-state index contributed by atoms with van der Waals surface area (Å²) in [6.45, 7) is 3.58. The standard InChI is InChI=1S/C30H36FN5O5S/c1-19(20-3-8-23(31)9-4-20)33-29(37)21-5-10-24(11-6-21)35-42(39,40)25-12-13-26-22(17-25)7-14-28(34-26)36-16-15-32-27(18-36)30(38)41-2/h3-4,7-9,12-14,17,19,21,24,27,32,35H,5-6,10-11,15-16,18H2,1-2H3,(H,33,37)/t19-,21-,24-,27?/m1/s1. The second kappa shape index (κ2) is 12.7. The maximum absolute atomic E-state index is 13.2. The summed E-state index contributed by atoms with van der Waals surface area (Å²) in [5.74, 6) is -0.213. The number of esters is 1. The Hall–Kier alpha value is -3.61. The zero-order valence-corrected chi connectivity index (χ0v) is 24.5. The molecule has 1 amide bonds. The van der Waals surface area contributed by atoms with Crippen molar-refractivity contribution in [1.29, 1.82) is 0 Å². The van der Waals surface area contributed by atoms with Crippen LogP contribution in [-0.2, 0) is 24.3 Å². The third kappa shape index (κ3) is 6.88. The van der Waals surface area contributed by atoms with Crippen LogP contribution in [0, 0.1) is 11.7 Å². The van der Waals surface area contributed by atoms with Crippen molar-refractivity contribution in [3.63, 3.8) is 0 Å². The number of nitrogens with zero attached hydrogens (tertiary/aromatic N) is 2. The Labute approximate surface area is 245 Å². The summed E-state index contributed by atoms with van der Waals surface area (Å²) in [7, 11) is -2.41. The number of carbonyl (C=O) groups excluding carboxylic acids is 2. The Morgan fingerprint density at radius 3 is 2.52 bits per heavy atom. The van der Waals surface area contributed by atoms with Gasteiger partial charge in [-0.15, -0.1) is 0 Å². The highest BCUT2D eigenvalue weighted by molar-refractivity contribution is 7.89. The normalized spacial score (nSPS) is 22.0. The molecule has 2 aromatic carbocycles. The van der Waals surface area contributed by atoms with Crippen molar-refractivity contribution in [1.82, 2.24) is 20.3 Å². The van der Waals surface area contributed by atoms with Crippen molar-refractivity contribution >= 4 is 38.6 Å². The second-order valence-electron chi connectivity index (χ2n) is 11.0. The second-order valence-corrected chi connectivity index (χ2v) is 12.7. The molecule has 0 spiro atoms. The highest BCUT2D eigenvalue weighted by Gasteiger charge is 2.30. The molecule has 1 aromatic heterocycles. The van der Waals surface area contributed by atoms with Gasteiger partial charge in [0, 0.05) is 37.0 Å². The first kappa shape index (κ1) is 29.9. The lowest BCUT2D eigenvalue weighted by atomic mass is 9.85. The molecule has 12 heteroatoms. The third-order valence-corrected chi connectivity index (χ3v) is 9.61. The molecule has 3 N–H and O–H groups in total. The molecule has 1 aliphatic carbocycles. The van der Waals surface area contributed by atoms with E-state index >= 15 is 0 Å². The molecule has 2 fully saturated rings. The molecular weight excluding hydrogens is 561 g/mol. The molecule has 10 nitrogen and oxygen atoms in total. The maximum atomic E-state index is 13.2. The van der Waals surface area contributed by atoms with Gasteiger partial charge in [0.2, 0.25) is 15.9 Å². The fourth-order valence-electron chi connectivity index (χ4n) is 5.62. The zero-order valence-electron chi connectivity index (χ0n) is 23.7. The lowest BCUT2D eigenvalue weighted by molar-refractivity contribution is -0.143. The van der Waals surface area contributed by atoms with Crippen molar-refractivity contribution in [2.45, 2.75) is 55.6 Å². The molecular formula is C30H36FN5O5S. The molecule has 1 saturated carbocycles. The SMILES string of the molecule is COC(=O)C1CN(c2ccc3cc(S(=O)(=O)N[C@H]4CC[C@H](C(=O)N[C@H](C)c5ccc(F)cc5)CC4)ccc3n2)CCN1. The fraction of sp³-hybridized carbons (Fsp3) is 0.433. The van der Waals surface area contributed by atoms with Gasteiger partial charge < -0.3 is 20.3 Å². The average molecular weight is 598 g/mol. The topological polar surface area (TPSA) is 130 Å². The molecule has 2 atom stereocenters. The smallest absolute Gasteiger partial charge is 0.324 e. The monoisotopic (exact) mass is 597 g/mol. The summed E-state index contributed by atoms with van der Waals surface area (Å²) in [5.41, 5.74) is 1.48. The van der Waals surface area contributed by atoms with E-state index in [-0.39, 0.29) is 40.6 Å². The van der Waals surface area contributed by atoms with Crippen molar-refractivity contribution in [2.24, 2.45) is 5.92 Å². The van der Waals surface area contributed by atoms with Gasteiger partial charge in [-0.2, -0.15) is 0 Å². The van der Waals surface area contributed by atoms with Crippen LogP contribution in [0.2, 0.25) is 0 Å². The highest BCUT2D eigenvalue weighted by Crippen LogP contribution is 2.28. The van der Waals surface area contributed by atoms with Crippen LogP contribution in [0.3, 0.4) is 0 Å². The minimum absolute atomic E-state index is 0.0730. The van der Waals surface area contributed by atoms with Gasteiger partial charge in [0.05, 0.1) is 23.6 Å². The number of anilines is 1. The Balaban J connectivity index is 1.17. The minimum Gasteiger partial charge on any atom is -0.468 e. The number of hydrogen-bond acceptors (Lipinski definition) is 8. The molecule has 1 aliphatic heterocycles. The average Bonchev–Trinajstić information content (AvgIpc) is 3.00. The molecule has 0 bridgehead atoms. The Morgan fingerprint density at radius 2 is 1.81 bits per heavy atom. The van der Waals surface area contributed by atoms with Crippen LogP contribution in [-0.4, -0.2) is 64.1 Å². The van der Waals surface area contributed by atoms with E-state index in [2.05, 4.69) is 15.4 Å². The van der Waals surface area contributed by atoms with Crippen molar-refractivity contribution in [3.05, 3.63) is 66.0 Å². The van der Waals surface area contributed by atoms with Gasteiger partial charge in [0.1, 0.15) is 17.7 Å². The molecule has 2 heterocycles. The molecule has 1 saturated heterocycles. The van der Waals surface area contributed by atoms with Gasteiger partial charge >= 0.3 is 5.97 Å². The summed E-state index contributed by atoms with van der Waals surface area (Å²) < 4.78 is 47.3. The number of piperazine rings is 1. The predicted molar refractivity (Wildman–Crippen MR) is 157 cm³/mol. The zero-order chi connectivity index (χ0) is 29.9. The van der Waals surface area contributed by atoms with E-state index in [1.807, 2.05) is 24.0 Å². The van der Waals surface area contributed by atoms with E-state index in [1.165, 1.54) is 19.2 Å². The van der Waals surface area contributed by atoms with Crippen molar-refractivity contribution in [2.75, 3.05) is 31.6 Å². The first-order valence-electron chi connectivity index (χ1n) is 14.2. The third-order valence-electron chi connectivity index (χ3n) is 8.09. The molecule has 3 aromatic rings. The summed E-state index contributed by atoms with van der Waals surface area (Å²) in [4.78, 5) is 31.6. The highest BCUT2D eigenvalue weighted by atomic mass is 32.2. The van der Waals surface area contributed by atoms with E-state index in [9.17, 15) is 22.4 Å². The minimum atomic E-state index is -3.78. The van der Waals surface area contributed by atoms with Crippen molar-refractivity contribution < 1.29 is 27.1 Å². The van der Waals surface area contributed by atoms with E-state index in [0.29, 0.717) is 62.0 Å². The van der Waals surface area contributed by atoms with E-state index in [0.717, 1.165) is 5.56 Å². The number of halogens is 1. The molecule has 224 valence electrons. The number of benzene rings is 2. The Bertz CT molecular complexity index is 1540. The number of rotatable bonds is 8. The number of pyridine rings is 1. The van der Waals surface area contributed by atoms with E-state index < -0.39 is 16.1 Å². The van der Waals surface area contributed by atoms with Crippen LogP contribution in [0.25, 0.3) is 10.9 Å². The Morgan fingerprint density at radius 1 is 1.07 bits per heavy atom. The number of hydrogen-bond donors (Lipinski definition) is 3. The molecule has 1 unspecified atom stereocenters. The van der Waals surface area contributed by atoms with Gasteiger partial charge in [0.25, 0.3) is 0 Å². The Kier molecular flexibility index (Phi) is 9.05. The van der Waals surface area contributed by atoms with Crippen LogP contribution in [0.1, 0.15) is 44.2 Å². The van der Waals surface area contributed by atoms with Gasteiger partial charge in [-0.3, -0.25) is 9.59 Å². The lowest BCUT2D eigenvalue weighted by Crippen LogP contribution is -2.54. The number of sulfonamides is 1. The number of amides is 1. The first-order chi connectivity index (χ1) is 20.1. The number of nitrogens with one attached hydrogen (secondary N) is 3. The maximum Gasteiger partial charge on any atom is 0.324 e. The van der Waals surface area contributed by atoms with Crippen LogP contribution in [0.15, 0.2) is 59.5 Å². The molecule has 2 aliphatic rings. The van der Waals surface area contributed by atoms with Crippen LogP contribution in [0.4, 0.5) is 10.2 Å². The van der Waals surface area contributed by atoms with Gasteiger partial charge in [-0.25, -0.2) is 22.5 Å². The number of aromatic nitrogens is 1. The molecule has 42 heavy (non-hydrogen) atoms. The van der Waals surface area contributed by atoms with Gasteiger partial charge in [0.15, 0.2) is 0 Å². The van der Waals surface area contributed by atoms with Crippen LogP contribution in [0.5, 0.6) is 0 Å². The number of fused-ring (bicyclic) bond motifs is 1. The molecule has 0 radical (unpaired) electrons. The van der Waals surface area contributed by atoms with Crippen LogP contribution >= 0.6 is 0 Å². The van der Waals surface area contributed by atoms with E-state index in [4.69, 9.17) is 9.72 Å². The van der Waals surface area contributed by atoms with Gasteiger partial charge in [-0.05, 0) is 80.6 Å². The van der Waals surface area contributed by atoms with Crippen molar-refractivity contribution in [3.8, 4) is 0 Å². The summed E-state index contributed by atoms with van der Waals surface area (Å²) in [6, 6.07) is 13.6. The quantitative estimate of drug-likeness (QED) is 0.338. The molecule has 5 rings (SSSR count). The van der Waals surface area contributed by atoms with Crippen LogP contribution < -0.4 is 20.3 Å². The summed E-state index contributed by atoms with van der Waals surface area (Å²) >= 11 is 0. The van der Waals surface area contributed by atoms with Gasteiger partial charge in [-0.1, -0.05) is 12.1 Å². The number of carbonyl (C=O) groups is 2. The predicted octanol–water partition coefficient (Wildman–Crippen LogP) is 3.04. The summed E-state index contributed by atoms with van der Waals surface area (Å²) in [5, 5.41) is 6.82. The lowest BCUT2D eigenvalue weighted by Gasteiger charge is -2.33. The fourth-order valence-corrected chi connectivity index (χ4v) is 6.96. The van der Waals surface area contributed by atoms with E-state index in [1.54, 1.807) is 30.3 Å². The summed E-state index contributed by atoms with van der Waals surface area (Å²) in [6.07, 6.45) is 2.25. The largest absolute Gasteiger partial charge is 0.468 e.